The van der Waals surface area contributed by atoms with E-state index < -0.39 is 28.6 Å². The van der Waals surface area contributed by atoms with E-state index in [4.69, 9.17) is 9.84 Å². The molecule has 1 fully saturated rings. The lowest BCUT2D eigenvalue weighted by atomic mass is 9.85. The van der Waals surface area contributed by atoms with Gasteiger partial charge in [-0.3, -0.25) is 4.68 Å². The first-order valence-electron chi connectivity index (χ1n) is 14.4. The number of nitrogens with zero attached hydrogens (tertiary/aromatic N) is 4. The molecule has 0 saturated heterocycles. The number of alkyl halides is 2. The van der Waals surface area contributed by atoms with E-state index in [9.17, 15) is 18.6 Å². The molecule has 0 amide bonds. The summed E-state index contributed by atoms with van der Waals surface area (Å²) in [6, 6.07) is 19.2. The Balaban J connectivity index is 1.48. The summed E-state index contributed by atoms with van der Waals surface area (Å²) in [4.78, 5) is 4.52. The normalized spacial score (nSPS) is 18.7. The second-order valence-electron chi connectivity index (χ2n) is 11.7. The molecule has 4 atom stereocenters. The maximum Gasteiger partial charge on any atom is 0.262 e. The van der Waals surface area contributed by atoms with Crippen LogP contribution in [0.1, 0.15) is 69.7 Å². The molecule has 8 nitrogen and oxygen atoms in total. The average Bonchev–Trinajstić information content (AvgIpc) is 3.37. The van der Waals surface area contributed by atoms with Gasteiger partial charge in [0.2, 0.25) is 5.88 Å². The van der Waals surface area contributed by atoms with Crippen molar-refractivity contribution in [3.63, 3.8) is 0 Å². The summed E-state index contributed by atoms with van der Waals surface area (Å²) >= 11 is -1.67. The third-order valence-corrected chi connectivity index (χ3v) is 9.17. The van der Waals surface area contributed by atoms with Gasteiger partial charge < -0.3 is 14.6 Å². The fourth-order valence-electron chi connectivity index (χ4n) is 5.26. The zero-order valence-electron chi connectivity index (χ0n) is 24.5. The number of ether oxygens (including phenoxy) is 1. The Bertz CT molecular complexity index is 1550. The number of hydrogen-bond donors (Lipinski definition) is 2. The van der Waals surface area contributed by atoms with E-state index in [1.807, 2.05) is 41.1 Å². The monoisotopic (exact) mass is 606 g/mol. The minimum atomic E-state index is -2.75. The molecular weight excluding hydrogens is 570 g/mol. The summed E-state index contributed by atoms with van der Waals surface area (Å²) in [5.41, 5.74) is 2.74. The van der Waals surface area contributed by atoms with E-state index in [0.717, 1.165) is 36.8 Å². The zero-order valence-corrected chi connectivity index (χ0v) is 25.3. The summed E-state index contributed by atoms with van der Waals surface area (Å²) in [6.45, 7) is 5.50. The lowest BCUT2D eigenvalue weighted by molar-refractivity contribution is 0.109. The van der Waals surface area contributed by atoms with Crippen molar-refractivity contribution in [3.05, 3.63) is 78.0 Å². The van der Waals surface area contributed by atoms with Crippen LogP contribution in [-0.4, -0.2) is 30.5 Å². The van der Waals surface area contributed by atoms with E-state index in [1.165, 1.54) is 0 Å². The molecule has 4 aromatic rings. The number of nitrogens with one attached hydrogen (secondary N) is 2. The Morgan fingerprint density at radius 2 is 1.81 bits per heavy atom. The largest absolute Gasteiger partial charge is 0.598 e. The number of benzene rings is 2. The van der Waals surface area contributed by atoms with Crippen molar-refractivity contribution in [3.8, 4) is 11.9 Å². The highest BCUT2D eigenvalue weighted by atomic mass is 32.2. The van der Waals surface area contributed by atoms with Gasteiger partial charge in [0.25, 0.3) is 6.43 Å². The van der Waals surface area contributed by atoms with Crippen molar-refractivity contribution in [2.24, 2.45) is 5.92 Å². The molecule has 0 aliphatic heterocycles. The quantitative estimate of drug-likeness (QED) is 0.181. The van der Waals surface area contributed by atoms with E-state index in [-0.39, 0.29) is 12.0 Å². The molecule has 2 aromatic heterocycles. The van der Waals surface area contributed by atoms with Crippen LogP contribution in [0.15, 0.2) is 66.9 Å². The van der Waals surface area contributed by atoms with Crippen molar-refractivity contribution in [1.82, 2.24) is 19.5 Å². The van der Waals surface area contributed by atoms with Crippen molar-refractivity contribution in [1.29, 1.82) is 5.26 Å². The molecule has 2 aromatic carbocycles. The minimum Gasteiger partial charge on any atom is -0.598 e. The molecule has 1 aliphatic rings. The van der Waals surface area contributed by atoms with Crippen LogP contribution in [0, 0.1) is 17.2 Å². The molecule has 0 spiro atoms. The van der Waals surface area contributed by atoms with Gasteiger partial charge in [-0.05, 0) is 62.9 Å². The lowest BCUT2D eigenvalue weighted by Gasteiger charge is -2.27. The van der Waals surface area contributed by atoms with E-state index >= 15 is 0 Å². The number of fused-ring (bicyclic) bond motifs is 1. The Kier molecular flexibility index (Phi) is 9.49. The van der Waals surface area contributed by atoms with Crippen molar-refractivity contribution < 1.29 is 18.1 Å². The number of aromatic nitrogens is 3. The Morgan fingerprint density at radius 3 is 2.49 bits per heavy atom. The molecule has 1 saturated carbocycles. The van der Waals surface area contributed by atoms with Crippen LogP contribution < -0.4 is 14.8 Å². The predicted molar refractivity (Wildman–Crippen MR) is 164 cm³/mol. The van der Waals surface area contributed by atoms with E-state index in [1.54, 1.807) is 51.2 Å². The maximum absolute atomic E-state index is 14.0. The molecular formula is C32H36F2N6O2S. The summed E-state index contributed by atoms with van der Waals surface area (Å²) in [6.07, 6.45) is 2.61. The highest BCUT2D eigenvalue weighted by Gasteiger charge is 2.34. The third-order valence-electron chi connectivity index (χ3n) is 7.59. The van der Waals surface area contributed by atoms with Gasteiger partial charge >= 0.3 is 0 Å². The first-order chi connectivity index (χ1) is 20.7. The van der Waals surface area contributed by atoms with Crippen LogP contribution in [-0.2, 0) is 18.0 Å². The molecule has 11 heteroatoms. The fraction of sp³-hybridized carbons (Fsp3) is 0.406. The van der Waals surface area contributed by atoms with E-state index in [0.29, 0.717) is 34.9 Å². The van der Waals surface area contributed by atoms with Crippen LogP contribution in [0.2, 0.25) is 0 Å². The van der Waals surface area contributed by atoms with Crippen LogP contribution in [0.3, 0.4) is 0 Å². The summed E-state index contributed by atoms with van der Waals surface area (Å²) < 4.78 is 50.5. The van der Waals surface area contributed by atoms with Gasteiger partial charge in [-0.1, -0.05) is 55.3 Å². The van der Waals surface area contributed by atoms with Crippen LogP contribution in [0.25, 0.3) is 10.9 Å². The summed E-state index contributed by atoms with van der Waals surface area (Å²) in [5, 5.41) is 18.8. The van der Waals surface area contributed by atoms with Crippen LogP contribution in [0.4, 0.5) is 20.3 Å². The topological polar surface area (TPSA) is 111 Å². The molecule has 5 rings (SSSR count). The first-order valence-corrected chi connectivity index (χ1v) is 15.6. The van der Waals surface area contributed by atoms with Crippen molar-refractivity contribution >= 4 is 33.8 Å². The molecule has 0 radical (unpaired) electrons. The van der Waals surface area contributed by atoms with Crippen LogP contribution >= 0.6 is 0 Å². The van der Waals surface area contributed by atoms with Crippen LogP contribution in [0.5, 0.6) is 5.88 Å². The molecule has 1 aliphatic carbocycles. The lowest BCUT2D eigenvalue weighted by Crippen LogP contribution is -2.43. The second-order valence-corrected chi connectivity index (χ2v) is 13.7. The highest BCUT2D eigenvalue weighted by molar-refractivity contribution is 7.90. The Labute approximate surface area is 253 Å². The van der Waals surface area contributed by atoms with Gasteiger partial charge in [-0.25, -0.2) is 13.8 Å². The Hall–Kier alpha value is -3.72. The van der Waals surface area contributed by atoms with Crippen molar-refractivity contribution in [2.75, 3.05) is 5.32 Å². The summed E-state index contributed by atoms with van der Waals surface area (Å²) in [7, 11) is 0. The third kappa shape index (κ3) is 7.09. The van der Waals surface area contributed by atoms with E-state index in [2.05, 4.69) is 21.1 Å². The highest BCUT2D eigenvalue weighted by Crippen LogP contribution is 2.40. The number of rotatable bonds is 10. The molecule has 2 N–H and O–H groups in total. The maximum atomic E-state index is 14.0. The Morgan fingerprint density at radius 1 is 1.09 bits per heavy atom. The number of pyridine rings is 1. The smallest absolute Gasteiger partial charge is 0.262 e. The SMILES string of the molecule is CC(C)(C)[S+]([O-])NC(c1ccc(Nc2nn([C@H]3CCCCC3C#N)c3ccnc(OCc4ccccc4)c23)cc1)C(F)F. The fourth-order valence-corrected chi connectivity index (χ4v) is 6.08. The van der Waals surface area contributed by atoms with Gasteiger partial charge in [0.15, 0.2) is 5.82 Å². The standard InChI is InChI=1S/C32H36F2N6O2S/c1-32(2,3)43(41)39-28(29(33)34)22-13-15-24(16-14-22)37-30-27-26(40(38-30)25-12-8-7-11-23(25)19-35)17-18-36-31(27)42-20-21-9-5-4-6-10-21/h4-6,9-10,13-18,23,25,28-29,39H,7-8,11-12,20H2,1-3H3,(H,37,38)/t23?,25-,28?,43?/m0/s1. The molecule has 226 valence electrons. The van der Waals surface area contributed by atoms with Gasteiger partial charge in [-0.2, -0.15) is 10.4 Å². The molecule has 0 bridgehead atoms. The predicted octanol–water partition coefficient (Wildman–Crippen LogP) is 7.37. The van der Waals surface area contributed by atoms with Gasteiger partial charge in [-0.15, -0.1) is 4.72 Å². The second kappa shape index (κ2) is 13.3. The number of anilines is 2. The summed E-state index contributed by atoms with van der Waals surface area (Å²) in [5.74, 6) is 0.740. The van der Waals surface area contributed by atoms with Gasteiger partial charge in [0.05, 0.1) is 23.5 Å². The van der Waals surface area contributed by atoms with Gasteiger partial charge in [0.1, 0.15) is 22.8 Å². The molecule has 3 unspecified atom stereocenters. The van der Waals surface area contributed by atoms with Gasteiger partial charge in [0, 0.05) is 23.2 Å². The number of hydrogen-bond acceptors (Lipinski definition) is 7. The first kappa shape index (κ1) is 30.7. The molecule has 2 heterocycles. The number of halogens is 2. The number of nitriles is 1. The molecule has 43 heavy (non-hydrogen) atoms. The van der Waals surface area contributed by atoms with Crippen molar-refractivity contribution in [2.45, 2.75) is 76.3 Å². The zero-order chi connectivity index (χ0) is 30.6. The minimum absolute atomic E-state index is 0.0925. The average molecular weight is 607 g/mol.